The van der Waals surface area contributed by atoms with E-state index in [-0.39, 0.29) is 5.75 Å². The fraction of sp³-hybridized carbons (Fsp3) is 0.0714. The van der Waals surface area contributed by atoms with Crippen molar-refractivity contribution < 1.29 is 9.63 Å². The first kappa shape index (κ1) is 12.3. The van der Waals surface area contributed by atoms with E-state index in [1.165, 1.54) is 0 Å². The molecule has 0 unspecified atom stereocenters. The monoisotopic (exact) mass is 289 g/mol. The molecule has 1 N–H and O–H groups in total. The van der Waals surface area contributed by atoms with Crippen molar-refractivity contribution in [1.29, 1.82) is 0 Å². The van der Waals surface area contributed by atoms with Crippen molar-refractivity contribution in [2.24, 2.45) is 0 Å². The number of aromatic hydroxyl groups is 1. The van der Waals surface area contributed by atoms with Crippen molar-refractivity contribution in [3.63, 3.8) is 0 Å². The Kier molecular flexibility index (Phi) is 3.57. The lowest BCUT2D eigenvalue weighted by Crippen LogP contribution is -1.78. The molecule has 2 heterocycles. The van der Waals surface area contributed by atoms with Crippen LogP contribution in [0.15, 0.2) is 57.3 Å². The average molecular weight is 289 g/mol. The first-order valence-electron chi connectivity index (χ1n) is 5.72. The second-order valence-corrected chi connectivity index (χ2v) is 5.94. The van der Waals surface area contributed by atoms with Gasteiger partial charge in [0.25, 0.3) is 0 Å². The highest BCUT2D eigenvalue weighted by atomic mass is 32.2. The van der Waals surface area contributed by atoms with Crippen LogP contribution in [0, 0.1) is 0 Å². The van der Waals surface area contributed by atoms with Gasteiger partial charge in [0.15, 0.2) is 5.76 Å². The number of phenols is 1. The summed E-state index contributed by atoms with van der Waals surface area (Å²) in [5, 5.41) is 15.3. The minimum atomic E-state index is 0.283. The molecule has 5 heteroatoms. The quantitative estimate of drug-likeness (QED) is 0.723. The van der Waals surface area contributed by atoms with Crippen LogP contribution in [-0.4, -0.2) is 10.3 Å². The van der Waals surface area contributed by atoms with Gasteiger partial charge in [0.1, 0.15) is 5.75 Å². The standard InChI is InChI=1S/C14H11NO2S2/c16-11-3-5-12(6-4-11)19-9-10-8-13(17-15-10)14-2-1-7-18-14/h1-8,16H,9H2. The molecule has 3 nitrogen and oxygen atoms in total. The number of benzene rings is 1. The summed E-state index contributed by atoms with van der Waals surface area (Å²) in [6, 6.07) is 13.1. The molecule has 3 aromatic rings. The molecule has 0 bridgehead atoms. The molecular formula is C14H11NO2S2. The Bertz CT molecular complexity index is 644. The topological polar surface area (TPSA) is 46.3 Å². The van der Waals surface area contributed by atoms with Crippen LogP contribution in [0.1, 0.15) is 5.69 Å². The number of thiophene rings is 1. The van der Waals surface area contributed by atoms with Crippen LogP contribution in [0.2, 0.25) is 0 Å². The van der Waals surface area contributed by atoms with Crippen LogP contribution in [0.4, 0.5) is 0 Å². The maximum absolute atomic E-state index is 9.22. The molecule has 0 spiro atoms. The van der Waals surface area contributed by atoms with Crippen molar-refractivity contribution in [3.05, 3.63) is 53.5 Å². The first-order chi connectivity index (χ1) is 9.31. The first-order valence-corrected chi connectivity index (χ1v) is 7.59. The van der Waals surface area contributed by atoms with Gasteiger partial charge in [-0.05, 0) is 35.7 Å². The summed E-state index contributed by atoms with van der Waals surface area (Å²) in [5.41, 5.74) is 0.918. The molecule has 3 rings (SSSR count). The number of hydrogen-bond donors (Lipinski definition) is 1. The van der Waals surface area contributed by atoms with E-state index in [0.717, 1.165) is 27.0 Å². The molecule has 96 valence electrons. The van der Waals surface area contributed by atoms with E-state index < -0.39 is 0 Å². The summed E-state index contributed by atoms with van der Waals surface area (Å²) < 4.78 is 5.32. The van der Waals surface area contributed by atoms with Gasteiger partial charge in [0.05, 0.1) is 10.6 Å². The van der Waals surface area contributed by atoms with Crippen molar-refractivity contribution in [2.45, 2.75) is 10.6 Å². The second-order valence-electron chi connectivity index (χ2n) is 3.94. The minimum absolute atomic E-state index is 0.283. The van der Waals surface area contributed by atoms with Crippen molar-refractivity contribution in [1.82, 2.24) is 5.16 Å². The van der Waals surface area contributed by atoms with Crippen molar-refractivity contribution in [3.8, 4) is 16.4 Å². The molecule has 2 aromatic heterocycles. The maximum atomic E-state index is 9.22. The third-order valence-corrected chi connectivity index (χ3v) is 4.48. The summed E-state index contributed by atoms with van der Waals surface area (Å²) >= 11 is 3.30. The Labute approximate surface area is 118 Å². The fourth-order valence-electron chi connectivity index (χ4n) is 1.61. The van der Waals surface area contributed by atoms with Crippen LogP contribution in [-0.2, 0) is 5.75 Å². The van der Waals surface area contributed by atoms with Gasteiger partial charge >= 0.3 is 0 Å². The largest absolute Gasteiger partial charge is 0.508 e. The molecule has 0 radical (unpaired) electrons. The molecule has 0 atom stereocenters. The Hall–Kier alpha value is -1.72. The number of rotatable bonds is 4. The lowest BCUT2D eigenvalue weighted by atomic mass is 10.3. The number of nitrogens with zero attached hydrogens (tertiary/aromatic N) is 1. The van der Waals surface area contributed by atoms with Crippen LogP contribution in [0.5, 0.6) is 5.75 Å². The zero-order chi connectivity index (χ0) is 13.1. The summed E-state index contributed by atoms with van der Waals surface area (Å²) in [5.74, 6) is 1.85. The van der Waals surface area contributed by atoms with E-state index in [0.29, 0.717) is 0 Å². The van der Waals surface area contributed by atoms with Gasteiger partial charge in [-0.1, -0.05) is 11.2 Å². The van der Waals surface area contributed by atoms with Crippen molar-refractivity contribution >= 4 is 23.1 Å². The van der Waals surface area contributed by atoms with Crippen LogP contribution >= 0.6 is 23.1 Å². The normalized spacial score (nSPS) is 10.7. The minimum Gasteiger partial charge on any atom is -0.508 e. The summed E-state index contributed by atoms with van der Waals surface area (Å²) in [7, 11) is 0. The van der Waals surface area contributed by atoms with E-state index >= 15 is 0 Å². The maximum Gasteiger partial charge on any atom is 0.177 e. The Morgan fingerprint density at radius 1 is 1.21 bits per heavy atom. The summed E-state index contributed by atoms with van der Waals surface area (Å²) in [6.07, 6.45) is 0. The molecule has 0 amide bonds. The average Bonchev–Trinajstić information content (AvgIpc) is 3.09. The number of hydrogen-bond acceptors (Lipinski definition) is 5. The van der Waals surface area contributed by atoms with E-state index in [4.69, 9.17) is 4.52 Å². The van der Waals surface area contributed by atoms with Crippen molar-refractivity contribution in [2.75, 3.05) is 0 Å². The van der Waals surface area contributed by atoms with Gasteiger partial charge in [0, 0.05) is 16.7 Å². The van der Waals surface area contributed by atoms with Gasteiger partial charge in [-0.25, -0.2) is 0 Å². The molecule has 0 saturated heterocycles. The predicted molar refractivity (Wildman–Crippen MR) is 77.5 cm³/mol. The molecule has 19 heavy (non-hydrogen) atoms. The predicted octanol–water partition coefficient (Wildman–Crippen LogP) is 4.40. The van der Waals surface area contributed by atoms with Crippen LogP contribution in [0.25, 0.3) is 10.6 Å². The molecule has 0 fully saturated rings. The third-order valence-electron chi connectivity index (χ3n) is 2.55. The molecule has 0 aliphatic rings. The van der Waals surface area contributed by atoms with E-state index in [1.54, 1.807) is 35.2 Å². The van der Waals surface area contributed by atoms with Gasteiger partial charge in [-0.2, -0.15) is 0 Å². The molecule has 0 saturated carbocycles. The smallest absolute Gasteiger partial charge is 0.177 e. The van der Waals surface area contributed by atoms with E-state index in [2.05, 4.69) is 5.16 Å². The van der Waals surface area contributed by atoms with Gasteiger partial charge in [0.2, 0.25) is 0 Å². The Morgan fingerprint density at radius 3 is 2.79 bits per heavy atom. The molecular weight excluding hydrogens is 278 g/mol. The summed E-state index contributed by atoms with van der Waals surface area (Å²) in [6.45, 7) is 0. The van der Waals surface area contributed by atoms with E-state index in [1.807, 2.05) is 35.7 Å². The van der Waals surface area contributed by atoms with Gasteiger partial charge in [-0.3, -0.25) is 0 Å². The summed E-state index contributed by atoms with van der Waals surface area (Å²) in [4.78, 5) is 2.19. The SMILES string of the molecule is Oc1ccc(SCc2cc(-c3cccs3)on2)cc1. The zero-order valence-electron chi connectivity index (χ0n) is 9.95. The lowest BCUT2D eigenvalue weighted by Gasteiger charge is -1.98. The van der Waals surface area contributed by atoms with Gasteiger partial charge in [-0.15, -0.1) is 23.1 Å². The van der Waals surface area contributed by atoms with Gasteiger partial charge < -0.3 is 9.63 Å². The highest BCUT2D eigenvalue weighted by Crippen LogP contribution is 2.28. The van der Waals surface area contributed by atoms with Crippen LogP contribution < -0.4 is 0 Å². The number of thioether (sulfide) groups is 1. The zero-order valence-corrected chi connectivity index (χ0v) is 11.6. The fourth-order valence-corrected chi connectivity index (χ4v) is 3.07. The number of phenolic OH excluding ortho intramolecular Hbond substituents is 1. The molecule has 0 aliphatic carbocycles. The lowest BCUT2D eigenvalue weighted by molar-refractivity contribution is 0.427. The molecule has 1 aromatic carbocycles. The molecule has 0 aliphatic heterocycles. The third kappa shape index (κ3) is 3.00. The van der Waals surface area contributed by atoms with Crippen LogP contribution in [0.3, 0.4) is 0 Å². The highest BCUT2D eigenvalue weighted by molar-refractivity contribution is 7.98. The van der Waals surface area contributed by atoms with E-state index in [9.17, 15) is 5.11 Å². The number of aromatic nitrogens is 1. The Morgan fingerprint density at radius 2 is 2.05 bits per heavy atom. The Balaban J connectivity index is 1.66. The second kappa shape index (κ2) is 5.50. The highest BCUT2D eigenvalue weighted by Gasteiger charge is 2.07.